The zero-order valence-corrected chi connectivity index (χ0v) is 9.37. The number of hydrogen-bond donors (Lipinski definition) is 0. The van der Waals surface area contributed by atoms with Gasteiger partial charge in [0, 0.05) is 0 Å². The van der Waals surface area contributed by atoms with E-state index in [0.29, 0.717) is 13.2 Å². The third-order valence-corrected chi connectivity index (χ3v) is 2.07. The van der Waals surface area contributed by atoms with Crippen LogP contribution in [0.2, 0.25) is 0 Å². The summed E-state index contributed by atoms with van der Waals surface area (Å²) in [6.45, 7) is 3.03. The minimum Gasteiger partial charge on any atom is -0.492 e. The third kappa shape index (κ3) is 2.78. The SMILES string of the molecule is CCOc1ccc(Cn2cnc(C#N)n2)nc1. The summed E-state index contributed by atoms with van der Waals surface area (Å²) < 4.78 is 6.86. The Morgan fingerprint density at radius 2 is 2.29 bits per heavy atom. The molecule has 2 aromatic heterocycles. The van der Waals surface area contributed by atoms with Crippen LogP contribution in [-0.4, -0.2) is 26.4 Å². The van der Waals surface area contributed by atoms with E-state index in [9.17, 15) is 0 Å². The summed E-state index contributed by atoms with van der Waals surface area (Å²) in [4.78, 5) is 8.05. The second-order valence-electron chi connectivity index (χ2n) is 3.30. The van der Waals surface area contributed by atoms with Crippen LogP contribution in [-0.2, 0) is 6.54 Å². The summed E-state index contributed by atoms with van der Waals surface area (Å²) >= 11 is 0. The molecule has 2 aromatic rings. The second-order valence-corrected chi connectivity index (χ2v) is 3.30. The first kappa shape index (κ1) is 11.1. The largest absolute Gasteiger partial charge is 0.492 e. The van der Waals surface area contributed by atoms with Crippen molar-refractivity contribution in [1.29, 1.82) is 5.26 Å². The Bertz CT molecular complexity index is 526. The van der Waals surface area contributed by atoms with Crippen molar-refractivity contribution >= 4 is 0 Å². The molecule has 6 heteroatoms. The molecular weight excluding hydrogens is 218 g/mol. The highest BCUT2D eigenvalue weighted by atomic mass is 16.5. The molecule has 17 heavy (non-hydrogen) atoms. The molecule has 0 aliphatic heterocycles. The number of ether oxygens (including phenoxy) is 1. The molecule has 0 bridgehead atoms. The van der Waals surface area contributed by atoms with E-state index in [4.69, 9.17) is 10.00 Å². The van der Waals surface area contributed by atoms with Crippen LogP contribution in [0.15, 0.2) is 24.7 Å². The lowest BCUT2D eigenvalue weighted by Gasteiger charge is -2.03. The highest BCUT2D eigenvalue weighted by molar-refractivity contribution is 5.20. The summed E-state index contributed by atoms with van der Waals surface area (Å²) in [7, 11) is 0. The first-order valence-electron chi connectivity index (χ1n) is 5.19. The average Bonchev–Trinajstić information content (AvgIpc) is 2.80. The van der Waals surface area contributed by atoms with Crippen LogP contribution in [0.4, 0.5) is 0 Å². The molecule has 0 aliphatic rings. The molecule has 0 aliphatic carbocycles. The van der Waals surface area contributed by atoms with Gasteiger partial charge in [0.05, 0.1) is 25.0 Å². The summed E-state index contributed by atoms with van der Waals surface area (Å²) in [5.74, 6) is 0.906. The smallest absolute Gasteiger partial charge is 0.252 e. The molecule has 0 aromatic carbocycles. The fourth-order valence-electron chi connectivity index (χ4n) is 1.34. The minimum absolute atomic E-state index is 0.163. The quantitative estimate of drug-likeness (QED) is 0.781. The average molecular weight is 229 g/mol. The summed E-state index contributed by atoms with van der Waals surface area (Å²) in [5, 5.41) is 12.5. The zero-order valence-electron chi connectivity index (χ0n) is 9.37. The molecule has 0 spiro atoms. The predicted octanol–water partition coefficient (Wildman–Crippen LogP) is 0.992. The summed E-state index contributed by atoms with van der Waals surface area (Å²) in [6.07, 6.45) is 3.18. The van der Waals surface area contributed by atoms with Crippen molar-refractivity contribution in [2.75, 3.05) is 6.61 Å². The molecule has 0 N–H and O–H groups in total. The van der Waals surface area contributed by atoms with Crippen LogP contribution in [0.5, 0.6) is 5.75 Å². The van der Waals surface area contributed by atoms with Gasteiger partial charge in [-0.3, -0.25) is 4.98 Å². The van der Waals surface area contributed by atoms with E-state index >= 15 is 0 Å². The van der Waals surface area contributed by atoms with Crippen molar-refractivity contribution in [3.63, 3.8) is 0 Å². The highest BCUT2D eigenvalue weighted by Crippen LogP contribution is 2.09. The molecule has 0 fully saturated rings. The lowest BCUT2D eigenvalue weighted by molar-refractivity contribution is 0.338. The van der Waals surface area contributed by atoms with Crippen LogP contribution in [0, 0.1) is 11.3 Å². The van der Waals surface area contributed by atoms with E-state index in [2.05, 4.69) is 15.1 Å². The van der Waals surface area contributed by atoms with E-state index in [1.165, 1.54) is 6.33 Å². The molecule has 86 valence electrons. The standard InChI is InChI=1S/C11H11N5O/c1-2-17-10-4-3-9(13-6-10)7-16-8-14-11(5-12)15-16/h3-4,6,8H,2,7H2,1H3. The molecule has 0 radical (unpaired) electrons. The minimum atomic E-state index is 0.163. The van der Waals surface area contributed by atoms with E-state index < -0.39 is 0 Å². The Kier molecular flexibility index (Phi) is 3.31. The molecule has 2 heterocycles. The summed E-state index contributed by atoms with van der Waals surface area (Å²) in [6, 6.07) is 5.59. The number of pyridine rings is 1. The van der Waals surface area contributed by atoms with Crippen molar-refractivity contribution in [3.8, 4) is 11.8 Å². The van der Waals surface area contributed by atoms with Crippen LogP contribution >= 0.6 is 0 Å². The van der Waals surface area contributed by atoms with Gasteiger partial charge in [-0.15, -0.1) is 5.10 Å². The number of hydrogen-bond acceptors (Lipinski definition) is 5. The van der Waals surface area contributed by atoms with Gasteiger partial charge in [0.25, 0.3) is 5.82 Å². The van der Waals surface area contributed by atoms with E-state index in [-0.39, 0.29) is 5.82 Å². The predicted molar refractivity (Wildman–Crippen MR) is 59.2 cm³/mol. The van der Waals surface area contributed by atoms with Gasteiger partial charge in [-0.1, -0.05) is 0 Å². The van der Waals surface area contributed by atoms with Gasteiger partial charge in [-0.2, -0.15) is 5.26 Å². The normalized spacial score (nSPS) is 9.88. The van der Waals surface area contributed by atoms with Gasteiger partial charge < -0.3 is 4.74 Å². The number of aromatic nitrogens is 4. The molecule has 0 unspecified atom stereocenters. The Hall–Kier alpha value is -2.42. The highest BCUT2D eigenvalue weighted by Gasteiger charge is 2.01. The van der Waals surface area contributed by atoms with Crippen LogP contribution in [0.1, 0.15) is 18.4 Å². The van der Waals surface area contributed by atoms with Gasteiger partial charge in [-0.05, 0) is 19.1 Å². The monoisotopic (exact) mass is 229 g/mol. The lowest BCUT2D eigenvalue weighted by Crippen LogP contribution is -2.03. The van der Waals surface area contributed by atoms with Crippen LogP contribution < -0.4 is 4.74 Å². The first-order valence-corrected chi connectivity index (χ1v) is 5.19. The third-order valence-electron chi connectivity index (χ3n) is 2.07. The van der Waals surface area contributed by atoms with Gasteiger partial charge in [-0.25, -0.2) is 9.67 Å². The van der Waals surface area contributed by atoms with Crippen LogP contribution in [0.3, 0.4) is 0 Å². The Morgan fingerprint density at radius 1 is 1.41 bits per heavy atom. The first-order chi connectivity index (χ1) is 8.31. The fourth-order valence-corrected chi connectivity index (χ4v) is 1.34. The zero-order chi connectivity index (χ0) is 12.1. The van der Waals surface area contributed by atoms with E-state index in [1.807, 2.05) is 25.1 Å². The number of nitrogens with zero attached hydrogens (tertiary/aromatic N) is 5. The number of rotatable bonds is 4. The second kappa shape index (κ2) is 5.07. The van der Waals surface area contributed by atoms with Crippen molar-refractivity contribution in [3.05, 3.63) is 36.2 Å². The number of nitriles is 1. The van der Waals surface area contributed by atoms with Gasteiger partial charge >= 0.3 is 0 Å². The van der Waals surface area contributed by atoms with E-state index in [0.717, 1.165) is 11.4 Å². The van der Waals surface area contributed by atoms with E-state index in [1.54, 1.807) is 10.9 Å². The molecule has 6 nitrogen and oxygen atoms in total. The van der Waals surface area contributed by atoms with Gasteiger partial charge in [0.15, 0.2) is 0 Å². The Morgan fingerprint density at radius 3 is 2.88 bits per heavy atom. The maximum atomic E-state index is 8.59. The maximum Gasteiger partial charge on any atom is 0.252 e. The Balaban J connectivity index is 2.06. The van der Waals surface area contributed by atoms with Crippen molar-refractivity contribution in [1.82, 2.24) is 19.7 Å². The molecule has 0 saturated carbocycles. The summed E-state index contributed by atoms with van der Waals surface area (Å²) in [5.41, 5.74) is 0.836. The van der Waals surface area contributed by atoms with Crippen molar-refractivity contribution in [2.24, 2.45) is 0 Å². The van der Waals surface area contributed by atoms with Crippen molar-refractivity contribution in [2.45, 2.75) is 13.5 Å². The Labute approximate surface area is 98.5 Å². The van der Waals surface area contributed by atoms with Gasteiger partial charge in [0.1, 0.15) is 18.1 Å². The van der Waals surface area contributed by atoms with Crippen molar-refractivity contribution < 1.29 is 4.74 Å². The lowest BCUT2D eigenvalue weighted by atomic mass is 10.3. The fraction of sp³-hybridized carbons (Fsp3) is 0.273. The topological polar surface area (TPSA) is 76.6 Å². The molecule has 2 rings (SSSR count). The van der Waals surface area contributed by atoms with Crippen LogP contribution in [0.25, 0.3) is 0 Å². The molecule has 0 amide bonds. The maximum absolute atomic E-state index is 8.59. The molecule has 0 atom stereocenters. The molecular formula is C11H11N5O. The molecule has 0 saturated heterocycles. The van der Waals surface area contributed by atoms with Gasteiger partial charge in [0.2, 0.25) is 0 Å².